The summed E-state index contributed by atoms with van der Waals surface area (Å²) in [6, 6.07) is 4.18. The molecule has 1 rings (SSSR count). The lowest BCUT2D eigenvalue weighted by Crippen LogP contribution is -2.40. The first kappa shape index (κ1) is 17.1. The van der Waals surface area contributed by atoms with Crippen molar-refractivity contribution in [2.75, 3.05) is 39.2 Å². The van der Waals surface area contributed by atoms with Gasteiger partial charge in [-0.1, -0.05) is 11.6 Å². The fourth-order valence-electron chi connectivity index (χ4n) is 1.56. The van der Waals surface area contributed by atoms with E-state index in [-0.39, 0.29) is 13.2 Å². The molecule has 0 heterocycles. The van der Waals surface area contributed by atoms with Gasteiger partial charge in [0.15, 0.2) is 0 Å². The summed E-state index contributed by atoms with van der Waals surface area (Å²) in [6.07, 6.45) is 0. The van der Waals surface area contributed by atoms with Crippen LogP contribution in [0.5, 0.6) is 5.75 Å². The van der Waals surface area contributed by atoms with Crippen LogP contribution >= 0.6 is 11.6 Å². The minimum atomic E-state index is -1.10. The molecule has 0 aliphatic heterocycles. The quantitative estimate of drug-likeness (QED) is 0.802. The molecule has 0 aliphatic rings. The number of anilines is 1. The van der Waals surface area contributed by atoms with Crippen molar-refractivity contribution in [2.24, 2.45) is 0 Å². The van der Waals surface area contributed by atoms with Gasteiger partial charge in [-0.15, -0.1) is 0 Å². The van der Waals surface area contributed by atoms with E-state index in [0.717, 1.165) is 4.90 Å². The number of benzene rings is 1. The van der Waals surface area contributed by atoms with Gasteiger partial charge in [0.05, 0.1) is 18.7 Å². The molecule has 0 fully saturated rings. The highest BCUT2D eigenvalue weighted by Gasteiger charge is 2.17. The molecule has 1 aromatic carbocycles. The zero-order valence-electron chi connectivity index (χ0n) is 11.8. The highest BCUT2D eigenvalue weighted by Crippen LogP contribution is 2.27. The van der Waals surface area contributed by atoms with E-state index in [4.69, 9.17) is 26.2 Å². The topological polar surface area (TPSA) is 88.1 Å². The van der Waals surface area contributed by atoms with Gasteiger partial charge in [0.1, 0.15) is 12.3 Å². The Hall–Kier alpha value is -1.99. The van der Waals surface area contributed by atoms with Gasteiger partial charge < -0.3 is 24.8 Å². The van der Waals surface area contributed by atoms with Crippen molar-refractivity contribution in [3.05, 3.63) is 23.2 Å². The number of carboxylic acid groups (broad SMARTS) is 1. The standard InChI is InChI=1S/C13H17ClN2O5/c1-20-6-5-16(8-12(17)18)13(19)15-9-3-4-10(14)11(7-9)21-2/h3-4,7H,5-6,8H2,1-2H3,(H,15,19)(H,17,18). The molecule has 21 heavy (non-hydrogen) atoms. The first-order valence-corrected chi connectivity index (χ1v) is 6.46. The first-order valence-electron chi connectivity index (χ1n) is 6.08. The highest BCUT2D eigenvalue weighted by molar-refractivity contribution is 6.32. The second-order valence-electron chi connectivity index (χ2n) is 4.09. The van der Waals surface area contributed by atoms with Crippen molar-refractivity contribution < 1.29 is 24.2 Å². The van der Waals surface area contributed by atoms with Gasteiger partial charge in [-0.05, 0) is 12.1 Å². The number of hydrogen-bond acceptors (Lipinski definition) is 4. The monoisotopic (exact) mass is 316 g/mol. The molecular formula is C13H17ClN2O5. The molecule has 0 saturated heterocycles. The largest absolute Gasteiger partial charge is 0.495 e. The third kappa shape index (κ3) is 5.49. The van der Waals surface area contributed by atoms with Gasteiger partial charge in [-0.2, -0.15) is 0 Å². The lowest BCUT2D eigenvalue weighted by molar-refractivity contribution is -0.137. The number of aliphatic carboxylic acids is 1. The number of rotatable bonds is 7. The van der Waals surface area contributed by atoms with Crippen molar-refractivity contribution in [2.45, 2.75) is 0 Å². The maximum atomic E-state index is 12.1. The molecule has 0 aliphatic carbocycles. The third-order valence-corrected chi connectivity index (χ3v) is 2.89. The van der Waals surface area contributed by atoms with Crippen molar-refractivity contribution >= 4 is 29.3 Å². The Morgan fingerprint density at radius 3 is 2.67 bits per heavy atom. The second kappa shape index (κ2) is 8.33. The minimum Gasteiger partial charge on any atom is -0.495 e. The Morgan fingerprint density at radius 2 is 2.10 bits per heavy atom. The SMILES string of the molecule is COCCN(CC(=O)O)C(=O)Nc1ccc(Cl)c(OC)c1. The molecule has 0 saturated carbocycles. The van der Waals surface area contributed by atoms with E-state index in [1.807, 2.05) is 0 Å². The Kier molecular flexibility index (Phi) is 6.77. The van der Waals surface area contributed by atoms with Gasteiger partial charge in [-0.25, -0.2) is 4.79 Å². The molecule has 0 unspecified atom stereocenters. The summed E-state index contributed by atoms with van der Waals surface area (Å²) >= 11 is 5.89. The molecule has 0 atom stereocenters. The number of hydrogen-bond donors (Lipinski definition) is 2. The normalized spacial score (nSPS) is 10.0. The molecule has 2 N–H and O–H groups in total. The van der Waals surface area contributed by atoms with Gasteiger partial charge in [0.2, 0.25) is 0 Å². The second-order valence-corrected chi connectivity index (χ2v) is 4.49. The van der Waals surface area contributed by atoms with Gasteiger partial charge in [0, 0.05) is 25.4 Å². The Labute approximate surface area is 127 Å². The van der Waals surface area contributed by atoms with Gasteiger partial charge >= 0.3 is 12.0 Å². The number of amides is 2. The zero-order chi connectivity index (χ0) is 15.8. The van der Waals surface area contributed by atoms with E-state index in [1.54, 1.807) is 18.2 Å². The van der Waals surface area contributed by atoms with Crippen LogP contribution in [0.2, 0.25) is 5.02 Å². The number of carbonyl (C=O) groups is 2. The lowest BCUT2D eigenvalue weighted by Gasteiger charge is -2.21. The number of nitrogens with one attached hydrogen (secondary N) is 1. The number of carboxylic acids is 1. The lowest BCUT2D eigenvalue weighted by atomic mass is 10.3. The number of methoxy groups -OCH3 is 2. The van der Waals surface area contributed by atoms with Crippen LogP contribution in [-0.2, 0) is 9.53 Å². The predicted octanol–water partition coefficient (Wildman–Crippen LogP) is 1.91. The number of ether oxygens (including phenoxy) is 2. The molecule has 0 radical (unpaired) electrons. The molecule has 116 valence electrons. The summed E-state index contributed by atoms with van der Waals surface area (Å²) in [5.41, 5.74) is 0.453. The van der Waals surface area contributed by atoms with Crippen molar-refractivity contribution in [1.29, 1.82) is 0 Å². The highest BCUT2D eigenvalue weighted by atomic mass is 35.5. The molecule has 2 amide bonds. The Bertz CT molecular complexity index is 509. The first-order chi connectivity index (χ1) is 9.97. The number of halogens is 1. The van der Waals surface area contributed by atoms with E-state index in [2.05, 4.69) is 5.32 Å². The van der Waals surface area contributed by atoms with E-state index in [1.165, 1.54) is 14.2 Å². The molecule has 0 aromatic heterocycles. The van der Waals surface area contributed by atoms with Crippen LogP contribution in [0.25, 0.3) is 0 Å². The van der Waals surface area contributed by atoms with Crippen molar-refractivity contribution in [3.63, 3.8) is 0 Å². The van der Waals surface area contributed by atoms with Crippen LogP contribution in [0.1, 0.15) is 0 Å². The minimum absolute atomic E-state index is 0.166. The smallest absolute Gasteiger partial charge is 0.323 e. The van der Waals surface area contributed by atoms with Crippen LogP contribution in [0.15, 0.2) is 18.2 Å². The Morgan fingerprint density at radius 1 is 1.38 bits per heavy atom. The number of nitrogens with zero attached hydrogens (tertiary/aromatic N) is 1. The number of carbonyl (C=O) groups excluding carboxylic acids is 1. The van der Waals surface area contributed by atoms with Gasteiger partial charge in [0.25, 0.3) is 0 Å². The summed E-state index contributed by atoms with van der Waals surface area (Å²) < 4.78 is 9.90. The molecular weight excluding hydrogens is 300 g/mol. The maximum Gasteiger partial charge on any atom is 0.323 e. The third-order valence-electron chi connectivity index (χ3n) is 2.58. The van der Waals surface area contributed by atoms with Gasteiger partial charge in [-0.3, -0.25) is 4.79 Å². The van der Waals surface area contributed by atoms with Crippen LogP contribution in [0, 0.1) is 0 Å². The van der Waals surface area contributed by atoms with Crippen molar-refractivity contribution in [1.82, 2.24) is 4.90 Å². The predicted molar refractivity (Wildman–Crippen MR) is 78.1 cm³/mol. The summed E-state index contributed by atoms with van der Waals surface area (Å²) in [7, 11) is 2.93. The van der Waals surface area contributed by atoms with E-state index >= 15 is 0 Å². The molecule has 7 nitrogen and oxygen atoms in total. The number of urea groups is 1. The van der Waals surface area contributed by atoms with Crippen LogP contribution in [-0.4, -0.2) is 55.9 Å². The van der Waals surface area contributed by atoms with E-state index < -0.39 is 18.5 Å². The molecule has 1 aromatic rings. The fourth-order valence-corrected chi connectivity index (χ4v) is 1.75. The summed E-state index contributed by atoms with van der Waals surface area (Å²) in [5, 5.41) is 11.8. The molecule has 8 heteroatoms. The molecule has 0 spiro atoms. The van der Waals surface area contributed by atoms with Crippen LogP contribution in [0.4, 0.5) is 10.5 Å². The molecule has 0 bridgehead atoms. The summed E-state index contributed by atoms with van der Waals surface area (Å²) in [5.74, 6) is -0.689. The maximum absolute atomic E-state index is 12.1. The van der Waals surface area contributed by atoms with Crippen LogP contribution in [0.3, 0.4) is 0 Å². The fraction of sp³-hybridized carbons (Fsp3) is 0.385. The summed E-state index contributed by atoms with van der Waals surface area (Å²) in [6.45, 7) is -0.0100. The average Bonchev–Trinajstić information content (AvgIpc) is 2.44. The van der Waals surface area contributed by atoms with Crippen molar-refractivity contribution in [3.8, 4) is 5.75 Å². The van der Waals surface area contributed by atoms with E-state index in [9.17, 15) is 9.59 Å². The summed E-state index contributed by atoms with van der Waals surface area (Å²) in [4.78, 5) is 24.0. The Balaban J connectivity index is 2.77. The van der Waals surface area contributed by atoms with Crippen LogP contribution < -0.4 is 10.1 Å². The average molecular weight is 317 g/mol. The zero-order valence-corrected chi connectivity index (χ0v) is 12.5. The van der Waals surface area contributed by atoms with E-state index in [0.29, 0.717) is 16.5 Å².